The van der Waals surface area contributed by atoms with E-state index >= 15 is 0 Å². The van der Waals surface area contributed by atoms with Crippen LogP contribution < -0.4 is 15.6 Å². The van der Waals surface area contributed by atoms with E-state index in [1.807, 2.05) is 24.3 Å². The maximum absolute atomic E-state index is 12.1. The largest absolute Gasteiger partial charge is 0.497 e. The molecular formula is C15H14ClN3O2. The summed E-state index contributed by atoms with van der Waals surface area (Å²) in [6.07, 6.45) is 6.59. The van der Waals surface area contributed by atoms with Crippen molar-refractivity contribution in [2.45, 2.75) is 13.1 Å². The van der Waals surface area contributed by atoms with Crippen molar-refractivity contribution in [2.75, 3.05) is 12.4 Å². The molecule has 0 amide bonds. The second-order valence-corrected chi connectivity index (χ2v) is 4.64. The number of aromatic nitrogens is 2. The molecule has 108 valence electrons. The fourth-order valence-electron chi connectivity index (χ4n) is 1.76. The quantitative estimate of drug-likeness (QED) is 0.860. The minimum Gasteiger partial charge on any atom is -0.497 e. The molecule has 0 aliphatic carbocycles. The van der Waals surface area contributed by atoms with Crippen LogP contribution >= 0.6 is 11.6 Å². The molecule has 2 aromatic rings. The first-order valence-electron chi connectivity index (χ1n) is 6.21. The summed E-state index contributed by atoms with van der Waals surface area (Å²) in [5.41, 5.74) is 0.943. The summed E-state index contributed by atoms with van der Waals surface area (Å²) >= 11 is 6.01. The van der Waals surface area contributed by atoms with E-state index in [0.29, 0.717) is 6.54 Å². The van der Waals surface area contributed by atoms with Gasteiger partial charge in [-0.3, -0.25) is 4.79 Å². The standard InChI is InChI=1S/C15H14ClN3O2/c1-3-8-19-15(20)14(13(16)10-18-19)17-9-11-4-6-12(21-2)7-5-11/h1,4-7,10,17H,8-9H2,2H3. The monoisotopic (exact) mass is 303 g/mol. The number of nitrogens with zero attached hydrogens (tertiary/aromatic N) is 2. The number of hydrogen-bond acceptors (Lipinski definition) is 4. The van der Waals surface area contributed by atoms with Crippen LogP contribution in [0.2, 0.25) is 5.02 Å². The van der Waals surface area contributed by atoms with Gasteiger partial charge in [-0.25, -0.2) is 4.68 Å². The van der Waals surface area contributed by atoms with Crippen LogP contribution in [-0.4, -0.2) is 16.9 Å². The minimum atomic E-state index is -0.339. The first-order valence-corrected chi connectivity index (χ1v) is 6.59. The summed E-state index contributed by atoms with van der Waals surface area (Å²) in [6, 6.07) is 7.51. The zero-order valence-electron chi connectivity index (χ0n) is 11.5. The van der Waals surface area contributed by atoms with E-state index in [-0.39, 0.29) is 22.8 Å². The number of halogens is 1. The van der Waals surface area contributed by atoms with E-state index in [9.17, 15) is 4.79 Å². The van der Waals surface area contributed by atoms with E-state index in [1.54, 1.807) is 7.11 Å². The minimum absolute atomic E-state index is 0.104. The lowest BCUT2D eigenvalue weighted by molar-refractivity contribution is 0.414. The number of nitrogens with one attached hydrogen (secondary N) is 1. The Bertz CT molecular complexity index is 717. The zero-order valence-corrected chi connectivity index (χ0v) is 12.2. The fraction of sp³-hybridized carbons (Fsp3) is 0.200. The van der Waals surface area contributed by atoms with E-state index in [4.69, 9.17) is 22.8 Å². The van der Waals surface area contributed by atoms with Gasteiger partial charge in [0.25, 0.3) is 5.56 Å². The molecule has 0 fully saturated rings. The van der Waals surface area contributed by atoms with Gasteiger partial charge in [-0.05, 0) is 17.7 Å². The molecule has 0 unspecified atom stereocenters. The van der Waals surface area contributed by atoms with Gasteiger partial charge in [-0.15, -0.1) is 6.42 Å². The van der Waals surface area contributed by atoms with Gasteiger partial charge in [0.05, 0.1) is 18.3 Å². The molecule has 0 saturated carbocycles. The third-order valence-electron chi connectivity index (χ3n) is 2.87. The zero-order chi connectivity index (χ0) is 15.2. The predicted molar refractivity (Wildman–Crippen MR) is 82.7 cm³/mol. The molecule has 1 heterocycles. The Labute approximate surface area is 127 Å². The first kappa shape index (κ1) is 14.9. The van der Waals surface area contributed by atoms with Gasteiger partial charge in [0.1, 0.15) is 18.0 Å². The summed E-state index contributed by atoms with van der Waals surface area (Å²) in [7, 11) is 1.61. The van der Waals surface area contributed by atoms with Gasteiger partial charge < -0.3 is 10.1 Å². The molecule has 0 atom stereocenters. The third kappa shape index (κ3) is 3.56. The van der Waals surface area contributed by atoms with Crippen molar-refractivity contribution in [1.82, 2.24) is 9.78 Å². The highest BCUT2D eigenvalue weighted by Gasteiger charge is 2.09. The van der Waals surface area contributed by atoms with Gasteiger partial charge in [-0.1, -0.05) is 29.7 Å². The second kappa shape index (κ2) is 6.82. The van der Waals surface area contributed by atoms with Crippen LogP contribution in [0.25, 0.3) is 0 Å². The van der Waals surface area contributed by atoms with Crippen LogP contribution in [0.3, 0.4) is 0 Å². The van der Waals surface area contributed by atoms with Gasteiger partial charge in [0, 0.05) is 6.54 Å². The van der Waals surface area contributed by atoms with Crippen molar-refractivity contribution in [1.29, 1.82) is 0 Å². The highest BCUT2D eigenvalue weighted by Crippen LogP contribution is 2.17. The average molecular weight is 304 g/mol. The number of ether oxygens (including phenoxy) is 1. The number of anilines is 1. The van der Waals surface area contributed by atoms with Crippen LogP contribution in [0, 0.1) is 12.3 Å². The fourth-order valence-corrected chi connectivity index (χ4v) is 1.95. The lowest BCUT2D eigenvalue weighted by atomic mass is 10.2. The van der Waals surface area contributed by atoms with Crippen molar-refractivity contribution < 1.29 is 4.74 Å². The van der Waals surface area contributed by atoms with Gasteiger partial charge in [0.15, 0.2) is 0 Å². The molecule has 0 bridgehead atoms. The number of methoxy groups -OCH3 is 1. The molecule has 0 spiro atoms. The predicted octanol–water partition coefficient (Wildman–Crippen LogP) is 2.15. The molecule has 0 saturated heterocycles. The Hall–Kier alpha value is -2.45. The van der Waals surface area contributed by atoms with Crippen molar-refractivity contribution in [3.63, 3.8) is 0 Å². The van der Waals surface area contributed by atoms with Crippen molar-refractivity contribution in [3.05, 3.63) is 51.4 Å². The Morgan fingerprint density at radius 1 is 1.43 bits per heavy atom. The summed E-state index contributed by atoms with van der Waals surface area (Å²) in [4.78, 5) is 12.1. The normalized spacial score (nSPS) is 9.95. The summed E-state index contributed by atoms with van der Waals surface area (Å²) in [5, 5.41) is 7.16. The van der Waals surface area contributed by atoms with E-state index in [0.717, 1.165) is 11.3 Å². The first-order chi connectivity index (χ1) is 10.2. The molecule has 1 aromatic carbocycles. The Balaban J connectivity index is 2.17. The van der Waals surface area contributed by atoms with Crippen LogP contribution in [0.1, 0.15) is 5.56 Å². The average Bonchev–Trinajstić information content (AvgIpc) is 2.51. The van der Waals surface area contributed by atoms with E-state index in [1.165, 1.54) is 10.9 Å². The number of rotatable bonds is 5. The van der Waals surface area contributed by atoms with Gasteiger partial charge in [-0.2, -0.15) is 5.10 Å². The summed E-state index contributed by atoms with van der Waals surface area (Å²) < 4.78 is 6.27. The molecule has 0 aliphatic rings. The highest BCUT2D eigenvalue weighted by molar-refractivity contribution is 6.32. The SMILES string of the molecule is C#CCn1ncc(Cl)c(NCc2ccc(OC)cc2)c1=O. The topological polar surface area (TPSA) is 56.1 Å². The highest BCUT2D eigenvalue weighted by atomic mass is 35.5. The van der Waals surface area contributed by atoms with Crippen LogP contribution in [0.4, 0.5) is 5.69 Å². The molecule has 1 N–H and O–H groups in total. The Morgan fingerprint density at radius 3 is 2.76 bits per heavy atom. The summed E-state index contributed by atoms with van der Waals surface area (Å²) in [5.74, 6) is 3.15. The lowest BCUT2D eigenvalue weighted by Gasteiger charge is -2.10. The second-order valence-electron chi connectivity index (χ2n) is 4.24. The molecule has 21 heavy (non-hydrogen) atoms. The molecule has 1 aromatic heterocycles. The molecule has 6 heteroatoms. The van der Waals surface area contributed by atoms with Gasteiger partial charge >= 0.3 is 0 Å². The van der Waals surface area contributed by atoms with Crippen molar-refractivity contribution >= 4 is 17.3 Å². The van der Waals surface area contributed by atoms with Crippen LogP contribution in [-0.2, 0) is 13.1 Å². The van der Waals surface area contributed by atoms with E-state index in [2.05, 4.69) is 16.3 Å². The van der Waals surface area contributed by atoms with Crippen molar-refractivity contribution in [2.24, 2.45) is 0 Å². The summed E-state index contributed by atoms with van der Waals surface area (Å²) in [6.45, 7) is 0.562. The third-order valence-corrected chi connectivity index (χ3v) is 3.15. The van der Waals surface area contributed by atoms with Crippen molar-refractivity contribution in [3.8, 4) is 18.1 Å². The lowest BCUT2D eigenvalue weighted by Crippen LogP contribution is -2.25. The van der Waals surface area contributed by atoms with Crippen LogP contribution in [0.15, 0.2) is 35.3 Å². The molecule has 2 rings (SSSR count). The Kier molecular flexibility index (Phi) is 4.85. The molecule has 0 radical (unpaired) electrons. The maximum Gasteiger partial charge on any atom is 0.292 e. The smallest absolute Gasteiger partial charge is 0.292 e. The van der Waals surface area contributed by atoms with Crippen LogP contribution in [0.5, 0.6) is 5.75 Å². The number of hydrogen-bond donors (Lipinski definition) is 1. The maximum atomic E-state index is 12.1. The Morgan fingerprint density at radius 2 is 2.14 bits per heavy atom. The molecule has 0 aliphatic heterocycles. The molecular weight excluding hydrogens is 290 g/mol. The number of terminal acetylenes is 1. The molecule has 5 nitrogen and oxygen atoms in total. The van der Waals surface area contributed by atoms with E-state index < -0.39 is 0 Å². The number of benzene rings is 1. The van der Waals surface area contributed by atoms with Gasteiger partial charge in [0.2, 0.25) is 0 Å².